The predicted octanol–water partition coefficient (Wildman–Crippen LogP) is 5.96. The van der Waals surface area contributed by atoms with E-state index in [1.54, 1.807) is 48.5 Å². The van der Waals surface area contributed by atoms with Crippen molar-refractivity contribution in [2.75, 3.05) is 10.5 Å². The predicted molar refractivity (Wildman–Crippen MR) is 136 cm³/mol. The van der Waals surface area contributed by atoms with Crippen LogP contribution in [0.15, 0.2) is 85.7 Å². The number of anilines is 1. The summed E-state index contributed by atoms with van der Waals surface area (Å²) in [7, 11) is -3.92. The van der Waals surface area contributed by atoms with E-state index < -0.39 is 15.8 Å². The molecule has 2 aromatic heterocycles. The average molecular weight is 561 g/mol. The summed E-state index contributed by atoms with van der Waals surface area (Å²) in [5.74, 6) is -0.445. The van der Waals surface area contributed by atoms with Crippen LogP contribution in [0.3, 0.4) is 0 Å². The lowest BCUT2D eigenvalue weighted by Gasteiger charge is -2.09. The van der Waals surface area contributed by atoms with Crippen molar-refractivity contribution in [2.45, 2.75) is 10.1 Å². The van der Waals surface area contributed by atoms with Gasteiger partial charge in [0.25, 0.3) is 21.1 Å². The molecule has 3 aromatic carbocycles. The fraction of sp³-hybridized carbons (Fsp3) is 0.0435. The molecule has 0 spiro atoms. The molecule has 5 rings (SSSR count). The summed E-state index contributed by atoms with van der Waals surface area (Å²) in [6.07, 6.45) is 0. The first-order chi connectivity index (χ1) is 17.3. The molecule has 0 bridgehead atoms. The minimum absolute atomic E-state index is 0.0284. The van der Waals surface area contributed by atoms with Crippen LogP contribution in [0, 0.1) is 0 Å². The van der Waals surface area contributed by atoms with Crippen LogP contribution in [-0.2, 0) is 10.0 Å². The zero-order chi connectivity index (χ0) is 25.3. The van der Waals surface area contributed by atoms with E-state index in [1.165, 1.54) is 18.2 Å². The topological polar surface area (TPSA) is 128 Å². The molecule has 0 saturated heterocycles. The summed E-state index contributed by atoms with van der Waals surface area (Å²) in [5.41, 5.74) is 1.57. The summed E-state index contributed by atoms with van der Waals surface area (Å²) >= 11 is 12.9. The highest BCUT2D eigenvalue weighted by Crippen LogP contribution is 2.29. The van der Waals surface area contributed by atoms with Gasteiger partial charge in [-0.05, 0) is 48.5 Å². The number of hydrogen-bond acceptors (Lipinski definition) is 9. The number of oxazole rings is 1. The Morgan fingerprint density at radius 2 is 1.75 bits per heavy atom. The fourth-order valence-electron chi connectivity index (χ4n) is 3.09. The van der Waals surface area contributed by atoms with Crippen LogP contribution >= 0.6 is 35.0 Å². The van der Waals surface area contributed by atoms with Gasteiger partial charge in [-0.3, -0.25) is 9.52 Å². The van der Waals surface area contributed by atoms with Crippen molar-refractivity contribution in [1.29, 1.82) is 0 Å². The van der Waals surface area contributed by atoms with Crippen LogP contribution in [-0.4, -0.2) is 35.1 Å². The number of benzene rings is 3. The Balaban J connectivity index is 1.28. The van der Waals surface area contributed by atoms with Gasteiger partial charge in [-0.2, -0.15) is 0 Å². The second kappa shape index (κ2) is 9.94. The molecule has 13 heteroatoms. The third kappa shape index (κ3) is 5.24. The minimum Gasteiger partial charge on any atom is -0.431 e. The van der Waals surface area contributed by atoms with Gasteiger partial charge >= 0.3 is 0 Å². The second-order valence-corrected chi connectivity index (χ2v) is 10.8. The van der Waals surface area contributed by atoms with Gasteiger partial charge in [0.15, 0.2) is 5.58 Å². The zero-order valence-corrected chi connectivity index (χ0v) is 21.2. The van der Waals surface area contributed by atoms with Crippen LogP contribution in [0.2, 0.25) is 10.0 Å². The van der Waals surface area contributed by atoms with Gasteiger partial charge < -0.3 is 8.83 Å². The second-order valence-electron chi connectivity index (χ2n) is 7.33. The first kappa shape index (κ1) is 24.3. The summed E-state index contributed by atoms with van der Waals surface area (Å²) in [6, 6.07) is 17.5. The number of Topliss-reactive ketones (excluding diaryl/α,β-unsaturated/α-hetero) is 1. The lowest BCUT2D eigenvalue weighted by atomic mass is 10.2. The highest BCUT2D eigenvalue weighted by Gasteiger charge is 2.20. The number of carbonyl (C=O) groups excluding carboxylic acids is 1. The number of rotatable bonds is 8. The molecule has 9 nitrogen and oxygen atoms in total. The van der Waals surface area contributed by atoms with E-state index in [4.69, 9.17) is 32.0 Å². The molecule has 0 saturated carbocycles. The molecule has 0 aliphatic heterocycles. The van der Waals surface area contributed by atoms with Crippen molar-refractivity contribution in [1.82, 2.24) is 15.2 Å². The van der Waals surface area contributed by atoms with Crippen molar-refractivity contribution in [2.24, 2.45) is 0 Å². The lowest BCUT2D eigenvalue weighted by molar-refractivity contribution is 0.0986. The molecule has 182 valence electrons. The molecule has 0 radical (unpaired) electrons. The van der Waals surface area contributed by atoms with Crippen molar-refractivity contribution >= 4 is 67.6 Å². The number of hydrogen-bond donors (Lipinski definition) is 1. The Morgan fingerprint density at radius 3 is 2.53 bits per heavy atom. The van der Waals surface area contributed by atoms with Gasteiger partial charge in [-0.1, -0.05) is 47.1 Å². The van der Waals surface area contributed by atoms with Gasteiger partial charge in [0.1, 0.15) is 5.52 Å². The van der Waals surface area contributed by atoms with Crippen molar-refractivity contribution in [3.63, 3.8) is 0 Å². The summed E-state index contributed by atoms with van der Waals surface area (Å²) < 4.78 is 39.1. The Labute approximate surface area is 218 Å². The van der Waals surface area contributed by atoms with Gasteiger partial charge in [0.2, 0.25) is 11.7 Å². The van der Waals surface area contributed by atoms with Gasteiger partial charge in [-0.15, -0.1) is 10.2 Å². The summed E-state index contributed by atoms with van der Waals surface area (Å²) in [5, 5.41) is 8.71. The smallest absolute Gasteiger partial charge is 0.285 e. The molecule has 0 unspecified atom stereocenters. The van der Waals surface area contributed by atoms with E-state index in [1.807, 2.05) is 0 Å². The lowest BCUT2D eigenvalue weighted by Crippen LogP contribution is -2.13. The third-order valence-corrected chi connectivity index (χ3v) is 7.62. The maximum Gasteiger partial charge on any atom is 0.285 e. The van der Waals surface area contributed by atoms with E-state index >= 15 is 0 Å². The Morgan fingerprint density at radius 1 is 0.972 bits per heavy atom. The number of aromatic nitrogens is 3. The van der Waals surface area contributed by atoms with Crippen LogP contribution in [0.1, 0.15) is 10.7 Å². The van der Waals surface area contributed by atoms with Crippen molar-refractivity contribution in [3.8, 4) is 11.5 Å². The highest BCUT2D eigenvalue weighted by molar-refractivity contribution is 7.99. The Kier molecular flexibility index (Phi) is 6.71. The fourth-order valence-corrected chi connectivity index (χ4v) is 5.24. The number of carbonyl (C=O) groups is 1. The maximum atomic E-state index is 12.8. The number of nitrogens with one attached hydrogen (secondary N) is 1. The number of thioether (sulfide) groups is 1. The standard InChI is InChI=1S/C23H14Cl2N4O5S2/c24-14-7-5-13(6-8-14)21-27-28-22(34-21)19(30)12-35-23-26-18-10-9-15(11-20(18)33-23)36(31,32)29-17-4-2-1-3-16(17)25/h1-11,29H,12H2. The molecule has 36 heavy (non-hydrogen) atoms. The van der Waals surface area contributed by atoms with Gasteiger partial charge in [0, 0.05) is 16.7 Å². The molecule has 0 amide bonds. The molecule has 0 fully saturated rings. The van der Waals surface area contributed by atoms with E-state index in [0.29, 0.717) is 16.1 Å². The number of nitrogens with zero attached hydrogens (tertiary/aromatic N) is 3. The minimum atomic E-state index is -3.92. The average Bonchev–Trinajstić information content (AvgIpc) is 3.51. The Bertz CT molecular complexity index is 1680. The number of sulfonamides is 1. The van der Waals surface area contributed by atoms with E-state index in [-0.39, 0.29) is 43.9 Å². The first-order valence-corrected chi connectivity index (χ1v) is 13.4. The van der Waals surface area contributed by atoms with Crippen LogP contribution in [0.4, 0.5) is 5.69 Å². The molecule has 0 atom stereocenters. The van der Waals surface area contributed by atoms with E-state index in [0.717, 1.165) is 11.8 Å². The number of para-hydroxylation sites is 1. The zero-order valence-electron chi connectivity index (χ0n) is 18.0. The maximum absolute atomic E-state index is 12.8. The third-order valence-electron chi connectivity index (χ3n) is 4.85. The number of ketones is 1. The Hall–Kier alpha value is -3.38. The van der Waals surface area contributed by atoms with E-state index in [2.05, 4.69) is 19.9 Å². The van der Waals surface area contributed by atoms with Gasteiger partial charge in [-0.25, -0.2) is 13.4 Å². The largest absolute Gasteiger partial charge is 0.431 e. The molecule has 5 aromatic rings. The van der Waals surface area contributed by atoms with Crippen molar-refractivity contribution in [3.05, 3.63) is 82.7 Å². The normalized spacial score (nSPS) is 11.6. The molecule has 2 heterocycles. The van der Waals surface area contributed by atoms with Gasteiger partial charge in [0.05, 0.1) is 21.4 Å². The quantitative estimate of drug-likeness (QED) is 0.180. The van der Waals surface area contributed by atoms with Crippen molar-refractivity contribution < 1.29 is 22.0 Å². The summed E-state index contributed by atoms with van der Waals surface area (Å²) in [6.45, 7) is 0. The first-order valence-electron chi connectivity index (χ1n) is 10.2. The molecular weight excluding hydrogens is 547 g/mol. The van der Waals surface area contributed by atoms with Crippen LogP contribution < -0.4 is 4.72 Å². The molecular formula is C23H14Cl2N4O5S2. The molecule has 0 aliphatic rings. The SMILES string of the molecule is O=C(CSc1nc2ccc(S(=O)(=O)Nc3ccccc3Cl)cc2o1)c1nnc(-c2ccc(Cl)cc2)o1. The monoisotopic (exact) mass is 560 g/mol. The summed E-state index contributed by atoms with van der Waals surface area (Å²) in [4.78, 5) is 16.8. The number of halogens is 2. The highest BCUT2D eigenvalue weighted by atomic mass is 35.5. The van der Waals surface area contributed by atoms with Crippen LogP contribution in [0.25, 0.3) is 22.6 Å². The van der Waals surface area contributed by atoms with Crippen LogP contribution in [0.5, 0.6) is 0 Å². The molecule has 0 aliphatic carbocycles. The molecule has 1 N–H and O–H groups in total. The number of fused-ring (bicyclic) bond motifs is 1. The van der Waals surface area contributed by atoms with E-state index in [9.17, 15) is 13.2 Å².